The number of hydrogen-bond acceptors (Lipinski definition) is 3. The van der Waals surface area contributed by atoms with E-state index in [2.05, 4.69) is 5.32 Å². The van der Waals surface area contributed by atoms with Crippen LogP contribution in [0.1, 0.15) is 25.2 Å². The number of hydrogen-bond donors (Lipinski definition) is 1. The lowest BCUT2D eigenvalue weighted by molar-refractivity contribution is -0.133. The van der Waals surface area contributed by atoms with E-state index in [1.807, 2.05) is 0 Å². The minimum Gasteiger partial charge on any atom is -0.467 e. The van der Waals surface area contributed by atoms with Gasteiger partial charge in [-0.15, -0.1) is 0 Å². The molecular weight excluding hydrogens is 416 g/mol. The third-order valence-electron chi connectivity index (χ3n) is 4.83. The molecule has 3 aromatic rings. The fourth-order valence-corrected chi connectivity index (χ4v) is 3.13. The van der Waals surface area contributed by atoms with E-state index in [0.29, 0.717) is 11.4 Å². The zero-order valence-corrected chi connectivity index (χ0v) is 17.9. The number of anilines is 1. The highest BCUT2D eigenvalue weighted by Gasteiger charge is 2.24. The fourth-order valence-electron chi connectivity index (χ4n) is 3.13. The predicted molar refractivity (Wildman–Crippen MR) is 117 cm³/mol. The quantitative estimate of drug-likeness (QED) is 0.533. The highest BCUT2D eigenvalue weighted by atomic mass is 19.1. The summed E-state index contributed by atoms with van der Waals surface area (Å²) in [6, 6.07) is 14.1. The third kappa shape index (κ3) is 6.41. The van der Waals surface area contributed by atoms with Crippen LogP contribution in [0.25, 0.3) is 0 Å². The molecule has 32 heavy (non-hydrogen) atoms. The van der Waals surface area contributed by atoms with E-state index in [-0.39, 0.29) is 37.4 Å². The van der Waals surface area contributed by atoms with Gasteiger partial charge in [-0.05, 0) is 61.9 Å². The molecule has 0 fully saturated rings. The Hall–Kier alpha value is -3.68. The molecule has 0 aliphatic carbocycles. The highest BCUT2D eigenvalue weighted by Crippen LogP contribution is 2.15. The number of furan rings is 1. The van der Waals surface area contributed by atoms with Crippen molar-refractivity contribution < 1.29 is 22.8 Å². The molecule has 3 rings (SSSR count). The molecule has 0 aliphatic rings. The molecule has 2 aromatic carbocycles. The van der Waals surface area contributed by atoms with Gasteiger partial charge in [0.15, 0.2) is 0 Å². The number of amides is 3. The number of benzene rings is 2. The summed E-state index contributed by atoms with van der Waals surface area (Å²) in [6.45, 7) is 3.79. The molecule has 0 unspecified atom stereocenters. The Morgan fingerprint density at radius 2 is 1.72 bits per heavy atom. The predicted octanol–water partition coefficient (Wildman–Crippen LogP) is 5.03. The number of nitrogens with one attached hydrogen (secondary N) is 1. The van der Waals surface area contributed by atoms with Crippen molar-refractivity contribution in [1.82, 2.24) is 9.80 Å². The van der Waals surface area contributed by atoms with Crippen LogP contribution in [0.4, 0.5) is 19.3 Å². The van der Waals surface area contributed by atoms with Crippen LogP contribution in [0, 0.1) is 11.6 Å². The molecule has 0 atom stereocenters. The lowest BCUT2D eigenvalue weighted by Crippen LogP contribution is -2.47. The van der Waals surface area contributed by atoms with Gasteiger partial charge >= 0.3 is 6.03 Å². The summed E-state index contributed by atoms with van der Waals surface area (Å²) in [7, 11) is 0. The van der Waals surface area contributed by atoms with E-state index >= 15 is 0 Å². The first-order valence-electron chi connectivity index (χ1n) is 10.2. The number of halogens is 2. The van der Waals surface area contributed by atoms with Crippen molar-refractivity contribution in [2.75, 3.05) is 11.9 Å². The van der Waals surface area contributed by atoms with Crippen LogP contribution in [0.3, 0.4) is 0 Å². The maximum atomic E-state index is 13.4. The first kappa shape index (κ1) is 23.0. The summed E-state index contributed by atoms with van der Waals surface area (Å²) < 4.78 is 32.1. The Kier molecular flexibility index (Phi) is 7.59. The second-order valence-corrected chi connectivity index (χ2v) is 7.62. The van der Waals surface area contributed by atoms with E-state index in [0.717, 1.165) is 5.56 Å². The van der Waals surface area contributed by atoms with Crippen molar-refractivity contribution in [2.45, 2.75) is 33.0 Å². The van der Waals surface area contributed by atoms with Gasteiger partial charge in [-0.3, -0.25) is 4.79 Å². The maximum Gasteiger partial charge on any atom is 0.322 e. The number of urea groups is 1. The molecule has 0 saturated carbocycles. The zero-order valence-electron chi connectivity index (χ0n) is 17.9. The molecule has 1 heterocycles. The number of nitrogens with zero attached hydrogens (tertiary/aromatic N) is 2. The molecule has 6 nitrogen and oxygen atoms in total. The largest absolute Gasteiger partial charge is 0.467 e. The lowest BCUT2D eigenvalue weighted by atomic mass is 10.2. The third-order valence-corrected chi connectivity index (χ3v) is 4.83. The van der Waals surface area contributed by atoms with Crippen LogP contribution >= 0.6 is 0 Å². The molecule has 3 amide bonds. The fraction of sp³-hybridized carbons (Fsp3) is 0.250. The molecule has 8 heteroatoms. The van der Waals surface area contributed by atoms with E-state index < -0.39 is 11.8 Å². The molecule has 1 aromatic heterocycles. The lowest BCUT2D eigenvalue weighted by Gasteiger charge is -2.30. The van der Waals surface area contributed by atoms with Crippen molar-refractivity contribution in [3.8, 4) is 0 Å². The number of rotatable bonds is 8. The van der Waals surface area contributed by atoms with Gasteiger partial charge < -0.3 is 19.5 Å². The maximum absolute atomic E-state index is 13.4. The van der Waals surface area contributed by atoms with Gasteiger partial charge in [0, 0.05) is 18.3 Å². The van der Waals surface area contributed by atoms with Crippen molar-refractivity contribution in [3.63, 3.8) is 0 Å². The van der Waals surface area contributed by atoms with Crippen LogP contribution in [0.15, 0.2) is 71.3 Å². The molecule has 0 spiro atoms. The summed E-state index contributed by atoms with van der Waals surface area (Å²) >= 11 is 0. The summed E-state index contributed by atoms with van der Waals surface area (Å²) in [4.78, 5) is 28.9. The first-order chi connectivity index (χ1) is 15.3. The normalized spacial score (nSPS) is 10.8. The molecule has 0 saturated heterocycles. The van der Waals surface area contributed by atoms with Gasteiger partial charge in [0.25, 0.3) is 0 Å². The average molecular weight is 441 g/mol. The topological polar surface area (TPSA) is 65.8 Å². The average Bonchev–Trinajstić information content (AvgIpc) is 3.26. The monoisotopic (exact) mass is 441 g/mol. The van der Waals surface area contributed by atoms with Crippen LogP contribution in [0.2, 0.25) is 0 Å². The molecule has 1 N–H and O–H groups in total. The van der Waals surface area contributed by atoms with Gasteiger partial charge in [0.05, 0.1) is 12.8 Å². The van der Waals surface area contributed by atoms with Crippen molar-refractivity contribution in [3.05, 3.63) is 89.9 Å². The van der Waals surface area contributed by atoms with Gasteiger partial charge in [-0.1, -0.05) is 18.2 Å². The molecule has 0 bridgehead atoms. The van der Waals surface area contributed by atoms with Gasteiger partial charge in [0.1, 0.15) is 23.9 Å². The Bertz CT molecular complexity index is 1040. The van der Waals surface area contributed by atoms with Crippen LogP contribution in [0.5, 0.6) is 0 Å². The Morgan fingerprint density at radius 3 is 2.34 bits per heavy atom. The highest BCUT2D eigenvalue weighted by molar-refractivity contribution is 5.92. The number of carbonyl (C=O) groups is 2. The van der Waals surface area contributed by atoms with E-state index in [1.54, 1.807) is 44.2 Å². The second kappa shape index (κ2) is 10.6. The zero-order chi connectivity index (χ0) is 23.1. The van der Waals surface area contributed by atoms with Crippen molar-refractivity contribution in [2.24, 2.45) is 0 Å². The minimum absolute atomic E-state index is 0.194. The Balaban J connectivity index is 1.74. The van der Waals surface area contributed by atoms with E-state index in [4.69, 9.17) is 4.42 Å². The van der Waals surface area contributed by atoms with E-state index in [9.17, 15) is 18.4 Å². The minimum atomic E-state index is -0.515. The first-order valence-corrected chi connectivity index (χ1v) is 10.2. The Morgan fingerprint density at radius 1 is 0.969 bits per heavy atom. The van der Waals surface area contributed by atoms with Gasteiger partial charge in [-0.2, -0.15) is 0 Å². The smallest absolute Gasteiger partial charge is 0.322 e. The van der Waals surface area contributed by atoms with Crippen LogP contribution in [-0.4, -0.2) is 34.3 Å². The Labute approximate surface area is 185 Å². The van der Waals surface area contributed by atoms with E-state index in [1.165, 1.54) is 46.4 Å². The van der Waals surface area contributed by atoms with Crippen LogP contribution < -0.4 is 5.32 Å². The summed E-state index contributed by atoms with van der Waals surface area (Å²) in [6.07, 6.45) is 1.52. The summed E-state index contributed by atoms with van der Waals surface area (Å²) in [5.41, 5.74) is 1.04. The molecular formula is C24H25F2N3O3. The van der Waals surface area contributed by atoms with Crippen LogP contribution in [-0.2, 0) is 17.9 Å². The molecule has 168 valence electrons. The van der Waals surface area contributed by atoms with Crippen molar-refractivity contribution >= 4 is 17.6 Å². The van der Waals surface area contributed by atoms with Gasteiger partial charge in [0.2, 0.25) is 5.91 Å². The SMILES string of the molecule is CC(C)N(CC(=O)N(Cc1ccc(F)cc1)Cc1ccco1)C(=O)Nc1cccc(F)c1. The second-order valence-electron chi connectivity index (χ2n) is 7.62. The van der Waals surface area contributed by atoms with Gasteiger partial charge in [-0.25, -0.2) is 13.6 Å². The summed E-state index contributed by atoms with van der Waals surface area (Å²) in [5.74, 6) is -0.564. The van der Waals surface area contributed by atoms with Crippen molar-refractivity contribution in [1.29, 1.82) is 0 Å². The summed E-state index contributed by atoms with van der Waals surface area (Å²) in [5, 5.41) is 2.63. The molecule has 0 radical (unpaired) electrons. The standard InChI is InChI=1S/C24H25F2N3O3/c1-17(2)29(24(31)27-21-6-3-5-20(26)13-21)16-23(30)28(15-22-7-4-12-32-22)14-18-8-10-19(25)11-9-18/h3-13,17H,14-16H2,1-2H3,(H,27,31). The molecule has 0 aliphatic heterocycles. The number of carbonyl (C=O) groups excluding carboxylic acids is 2.